The van der Waals surface area contributed by atoms with Crippen LogP contribution in [0.4, 0.5) is 0 Å². The van der Waals surface area contributed by atoms with Gasteiger partial charge in [0, 0.05) is 31.1 Å². The first kappa shape index (κ1) is 14.0. The van der Waals surface area contributed by atoms with Crippen molar-refractivity contribution in [1.82, 2.24) is 8.61 Å². The molecule has 0 unspecified atom stereocenters. The summed E-state index contributed by atoms with van der Waals surface area (Å²) < 4.78 is 28.2. The average molecular weight is 288 g/mol. The van der Waals surface area contributed by atoms with Crippen LogP contribution in [0.1, 0.15) is 31.1 Å². The summed E-state index contributed by atoms with van der Waals surface area (Å²) in [5.41, 5.74) is 0. The fourth-order valence-corrected chi connectivity index (χ4v) is 4.67. The lowest BCUT2D eigenvalue weighted by Crippen LogP contribution is -2.45. The Hall–Kier alpha value is -0.430. The third-order valence-corrected chi connectivity index (χ3v) is 6.15. The van der Waals surface area contributed by atoms with Gasteiger partial charge in [0.25, 0.3) is 10.2 Å². The Morgan fingerprint density at radius 3 is 2.61 bits per heavy atom. The van der Waals surface area contributed by atoms with E-state index < -0.39 is 10.2 Å². The van der Waals surface area contributed by atoms with Crippen LogP contribution in [0, 0.1) is 0 Å². The quantitative estimate of drug-likeness (QED) is 0.834. The minimum absolute atomic E-state index is 0.493. The van der Waals surface area contributed by atoms with Crippen molar-refractivity contribution in [3.63, 3.8) is 0 Å². The fourth-order valence-electron chi connectivity index (χ4n) is 2.19. The van der Waals surface area contributed by atoms with Crippen molar-refractivity contribution in [2.75, 3.05) is 19.6 Å². The molecule has 0 N–H and O–H groups in total. The molecule has 0 aliphatic carbocycles. The Bertz CT molecular complexity index is 450. The summed E-state index contributed by atoms with van der Waals surface area (Å²) in [5.74, 6) is 0. The fraction of sp³-hybridized carbons (Fsp3) is 0.667. The van der Waals surface area contributed by atoms with Crippen molar-refractivity contribution in [1.29, 1.82) is 0 Å². The number of piperidine rings is 1. The molecule has 0 amide bonds. The molecule has 0 bridgehead atoms. The van der Waals surface area contributed by atoms with Gasteiger partial charge in [-0.1, -0.05) is 19.4 Å². The summed E-state index contributed by atoms with van der Waals surface area (Å²) in [6.45, 7) is 4.26. The third kappa shape index (κ3) is 3.12. The molecule has 0 radical (unpaired) electrons. The number of hydrogen-bond donors (Lipinski definition) is 0. The number of nitrogens with zero attached hydrogens (tertiary/aromatic N) is 2. The van der Waals surface area contributed by atoms with E-state index in [1.807, 2.05) is 24.4 Å². The Morgan fingerprint density at radius 2 is 2.06 bits per heavy atom. The molecule has 1 aromatic rings. The average Bonchev–Trinajstić information content (AvgIpc) is 2.89. The Kier molecular flexibility index (Phi) is 4.77. The monoisotopic (exact) mass is 288 g/mol. The summed E-state index contributed by atoms with van der Waals surface area (Å²) >= 11 is 1.60. The second kappa shape index (κ2) is 6.14. The zero-order valence-electron chi connectivity index (χ0n) is 10.7. The summed E-state index contributed by atoms with van der Waals surface area (Å²) in [5, 5.41) is 1.98. The van der Waals surface area contributed by atoms with Crippen molar-refractivity contribution in [2.24, 2.45) is 0 Å². The molecule has 102 valence electrons. The molecule has 4 nitrogen and oxygen atoms in total. The van der Waals surface area contributed by atoms with Crippen LogP contribution in [-0.4, -0.2) is 36.7 Å². The molecule has 18 heavy (non-hydrogen) atoms. The van der Waals surface area contributed by atoms with Crippen molar-refractivity contribution >= 4 is 21.5 Å². The lowest BCUT2D eigenvalue weighted by atomic mass is 10.2. The van der Waals surface area contributed by atoms with E-state index in [4.69, 9.17) is 0 Å². The Morgan fingerprint density at radius 1 is 1.33 bits per heavy atom. The molecule has 1 aromatic heterocycles. The second-order valence-corrected chi connectivity index (χ2v) is 7.43. The van der Waals surface area contributed by atoms with Gasteiger partial charge in [-0.05, 0) is 24.3 Å². The predicted octanol–water partition coefficient (Wildman–Crippen LogP) is 2.30. The van der Waals surface area contributed by atoms with E-state index in [1.165, 1.54) is 0 Å². The van der Waals surface area contributed by atoms with Crippen LogP contribution in [0.25, 0.3) is 0 Å². The normalized spacial score (nSPS) is 18.3. The first-order valence-corrected chi connectivity index (χ1v) is 8.70. The highest BCUT2D eigenvalue weighted by atomic mass is 32.2. The first-order chi connectivity index (χ1) is 8.64. The van der Waals surface area contributed by atoms with Gasteiger partial charge >= 0.3 is 0 Å². The molecule has 2 rings (SSSR count). The van der Waals surface area contributed by atoms with E-state index in [0.29, 0.717) is 26.2 Å². The van der Waals surface area contributed by atoms with Gasteiger partial charge in [0.05, 0.1) is 0 Å². The first-order valence-electron chi connectivity index (χ1n) is 6.42. The van der Waals surface area contributed by atoms with E-state index in [9.17, 15) is 8.42 Å². The van der Waals surface area contributed by atoms with Gasteiger partial charge in [0.1, 0.15) is 0 Å². The van der Waals surface area contributed by atoms with Crippen LogP contribution in [0.15, 0.2) is 17.5 Å². The molecule has 1 fully saturated rings. The Labute approximate surface area is 113 Å². The van der Waals surface area contributed by atoms with Crippen LogP contribution in [-0.2, 0) is 16.8 Å². The molecule has 0 aromatic carbocycles. The number of rotatable bonds is 5. The molecule has 6 heteroatoms. The molecule has 0 atom stereocenters. The molecule has 0 spiro atoms. The summed E-state index contributed by atoms with van der Waals surface area (Å²) in [6.07, 6.45) is 3.11. The van der Waals surface area contributed by atoms with Crippen LogP contribution >= 0.6 is 11.3 Å². The third-order valence-electron chi connectivity index (χ3n) is 3.23. The minimum Gasteiger partial charge on any atom is -0.195 e. The van der Waals surface area contributed by atoms with Gasteiger partial charge in [-0.2, -0.15) is 17.0 Å². The Balaban J connectivity index is 2.10. The lowest BCUT2D eigenvalue weighted by Gasteiger charge is -2.31. The van der Waals surface area contributed by atoms with Crippen LogP contribution in [0.3, 0.4) is 0 Å². The van der Waals surface area contributed by atoms with Gasteiger partial charge in [-0.15, -0.1) is 11.3 Å². The maximum Gasteiger partial charge on any atom is 0.282 e. The molecular weight excluding hydrogens is 268 g/mol. The lowest BCUT2D eigenvalue weighted by molar-refractivity contribution is 0.304. The van der Waals surface area contributed by atoms with Gasteiger partial charge in [0.2, 0.25) is 0 Å². The van der Waals surface area contributed by atoms with Crippen LogP contribution in [0.2, 0.25) is 0 Å². The van der Waals surface area contributed by atoms with Crippen molar-refractivity contribution in [3.8, 4) is 0 Å². The number of thiophene rings is 1. The van der Waals surface area contributed by atoms with E-state index in [1.54, 1.807) is 19.9 Å². The van der Waals surface area contributed by atoms with E-state index in [0.717, 1.165) is 24.1 Å². The van der Waals surface area contributed by atoms with Gasteiger partial charge < -0.3 is 0 Å². The zero-order chi connectivity index (χ0) is 13.0. The smallest absolute Gasteiger partial charge is 0.195 e. The SMILES string of the molecule is CCN(Cc1cccs1)S(=O)(=O)N1CCCCC1. The second-order valence-electron chi connectivity index (χ2n) is 4.47. The summed E-state index contributed by atoms with van der Waals surface area (Å²) in [4.78, 5) is 1.09. The highest BCUT2D eigenvalue weighted by Gasteiger charge is 2.29. The zero-order valence-corrected chi connectivity index (χ0v) is 12.3. The molecule has 2 heterocycles. The standard InChI is InChI=1S/C12H20N2O2S2/c1-2-13(11-12-7-6-10-17-12)18(15,16)14-8-4-3-5-9-14/h6-7,10H,2-5,8-9,11H2,1H3. The highest BCUT2D eigenvalue weighted by molar-refractivity contribution is 7.86. The number of hydrogen-bond acceptors (Lipinski definition) is 3. The molecule has 1 aliphatic heterocycles. The van der Waals surface area contributed by atoms with Crippen molar-refractivity contribution in [2.45, 2.75) is 32.7 Å². The summed E-state index contributed by atoms with van der Waals surface area (Å²) in [7, 11) is -3.28. The van der Waals surface area contributed by atoms with Crippen molar-refractivity contribution in [3.05, 3.63) is 22.4 Å². The maximum absolute atomic E-state index is 12.5. The van der Waals surface area contributed by atoms with E-state index >= 15 is 0 Å². The summed E-state index contributed by atoms with van der Waals surface area (Å²) in [6, 6.07) is 3.94. The molecule has 0 saturated carbocycles. The molecular formula is C12H20N2O2S2. The van der Waals surface area contributed by atoms with Crippen LogP contribution < -0.4 is 0 Å². The van der Waals surface area contributed by atoms with Gasteiger partial charge in [-0.25, -0.2) is 0 Å². The van der Waals surface area contributed by atoms with Crippen LogP contribution in [0.5, 0.6) is 0 Å². The van der Waals surface area contributed by atoms with E-state index in [-0.39, 0.29) is 0 Å². The maximum atomic E-state index is 12.5. The molecule has 1 saturated heterocycles. The van der Waals surface area contributed by atoms with Gasteiger partial charge in [0.15, 0.2) is 0 Å². The largest absolute Gasteiger partial charge is 0.282 e. The minimum atomic E-state index is -3.28. The molecule has 1 aliphatic rings. The van der Waals surface area contributed by atoms with Crippen molar-refractivity contribution < 1.29 is 8.42 Å². The highest BCUT2D eigenvalue weighted by Crippen LogP contribution is 2.20. The van der Waals surface area contributed by atoms with Gasteiger partial charge in [-0.3, -0.25) is 0 Å². The predicted molar refractivity (Wildman–Crippen MR) is 74.7 cm³/mol. The van der Waals surface area contributed by atoms with E-state index in [2.05, 4.69) is 0 Å². The topological polar surface area (TPSA) is 40.6 Å².